The van der Waals surface area contributed by atoms with E-state index in [4.69, 9.17) is 0 Å². The maximum absolute atomic E-state index is 10.1. The van der Waals surface area contributed by atoms with E-state index < -0.39 is 47.5 Å². The van der Waals surface area contributed by atoms with Gasteiger partial charge >= 0.3 is 131 Å². The van der Waals surface area contributed by atoms with Gasteiger partial charge in [-0.2, -0.15) is 0 Å². The van der Waals surface area contributed by atoms with Crippen molar-refractivity contribution in [3.63, 3.8) is 0 Å². The minimum Gasteiger partial charge on any atom is 2.00 e. The quantitative estimate of drug-likeness (QED) is 0.494. The van der Waals surface area contributed by atoms with Gasteiger partial charge in [0, 0.05) is 0 Å². The van der Waals surface area contributed by atoms with Gasteiger partial charge in [-0.05, 0) is 0 Å². The predicted octanol–water partition coefficient (Wildman–Crippen LogP) is -1.16. The molecule has 0 saturated heterocycles. The van der Waals surface area contributed by atoms with E-state index in [1.54, 1.807) is 40.7 Å². The third-order valence-corrected chi connectivity index (χ3v) is 10.8. The van der Waals surface area contributed by atoms with E-state index in [9.17, 15) is 19.8 Å². The van der Waals surface area contributed by atoms with Crippen molar-refractivity contribution in [3.8, 4) is 0 Å². The first kappa shape index (κ1) is 17.3. The molecule has 0 aromatic rings. The largest absolute Gasteiger partial charge is 2.00 e. The first-order valence-electron chi connectivity index (χ1n) is 4.47. The molecule has 0 amide bonds. The van der Waals surface area contributed by atoms with Gasteiger partial charge in [-0.15, -0.1) is 0 Å². The molecule has 82 valence electrons. The number of allylic oxidation sites excluding steroid dienone is 4. The van der Waals surface area contributed by atoms with Gasteiger partial charge in [0.25, 0.3) is 0 Å². The van der Waals surface area contributed by atoms with E-state index >= 15 is 0 Å². The molecule has 2 rings (SSSR count). The summed E-state index contributed by atoms with van der Waals surface area (Å²) in [6, 6.07) is 0. The minimum absolute atomic E-state index is 0. The van der Waals surface area contributed by atoms with Gasteiger partial charge in [0.05, 0.1) is 0 Å². The molecule has 2 heterocycles. The van der Waals surface area contributed by atoms with Crippen molar-refractivity contribution < 1.29 is 19.8 Å². The van der Waals surface area contributed by atoms with E-state index in [0.717, 1.165) is 0 Å². The Balaban J connectivity index is 0.000000284. The fourth-order valence-corrected chi connectivity index (χ4v) is 6.84. The standard InChI is InChI=1S/2C4H4.2CO2.Mg.2Sn/c2*1-3-4-2;2*2-1-3;;;/h2*1-4H;;;;;/q;;2*-1;+2;;. The molecule has 0 bridgehead atoms. The summed E-state index contributed by atoms with van der Waals surface area (Å²) >= 11 is -4.43. The van der Waals surface area contributed by atoms with Crippen LogP contribution in [0.5, 0.6) is 0 Å². The summed E-state index contributed by atoms with van der Waals surface area (Å²) in [7, 11) is 0. The number of hydrogen-bond donors (Lipinski definition) is 0. The van der Waals surface area contributed by atoms with Gasteiger partial charge < -0.3 is 0 Å². The van der Waals surface area contributed by atoms with Crippen molar-refractivity contribution in [1.29, 1.82) is 0 Å². The molecule has 4 nitrogen and oxygen atoms in total. The molecule has 0 aromatic carbocycles. The SMILES string of the molecule is O=[C]([O-])[Sn]1[CH]=CC=[CH]1.O=[C]([O-])[Sn]1[CH]=CC=[CH]1.[Mg+2]. The van der Waals surface area contributed by atoms with Gasteiger partial charge in [0.1, 0.15) is 0 Å². The maximum Gasteiger partial charge on any atom is 2.00 e. The van der Waals surface area contributed by atoms with E-state index in [1.165, 1.54) is 0 Å². The molecule has 0 aromatic heterocycles. The van der Waals surface area contributed by atoms with Crippen molar-refractivity contribution in [2.24, 2.45) is 0 Å². The Kier molecular flexibility index (Phi) is 9.37. The average Bonchev–Trinajstić information content (AvgIpc) is 2.93. The van der Waals surface area contributed by atoms with Crippen LogP contribution in [0.15, 0.2) is 40.7 Å². The van der Waals surface area contributed by atoms with Gasteiger partial charge in [-0.1, -0.05) is 0 Å². The molecule has 0 unspecified atom stereocenters. The summed E-state index contributed by atoms with van der Waals surface area (Å²) in [6.07, 6.45) is 7.13. The second-order valence-electron chi connectivity index (χ2n) is 2.92. The van der Waals surface area contributed by atoms with Crippen LogP contribution in [-0.4, -0.2) is 70.5 Å². The Morgan fingerprint density at radius 3 is 1.06 bits per heavy atom. The van der Waals surface area contributed by atoms with Crippen LogP contribution < -0.4 is 10.2 Å². The zero-order chi connectivity index (χ0) is 12.0. The summed E-state index contributed by atoms with van der Waals surface area (Å²) in [6.45, 7) is 0. The first-order valence-corrected chi connectivity index (χ1v) is 13.9. The summed E-state index contributed by atoms with van der Waals surface area (Å²) in [4.78, 5) is 20.2. The van der Waals surface area contributed by atoms with Crippen molar-refractivity contribution in [2.75, 3.05) is 0 Å². The number of hydrogen-bond acceptors (Lipinski definition) is 4. The molecule has 2 radical (unpaired) electrons. The number of rotatable bonds is 2. The Morgan fingerprint density at radius 2 is 0.941 bits per heavy atom. The predicted molar refractivity (Wildman–Crippen MR) is 64.6 cm³/mol. The van der Waals surface area contributed by atoms with E-state index in [0.29, 0.717) is 0 Å². The normalized spacial score (nSPS) is 16.5. The number of carbonyl (C=O) groups excluding carboxylic acids is 2. The summed E-state index contributed by atoms with van der Waals surface area (Å²) < 4.78 is 5.43. The van der Waals surface area contributed by atoms with Crippen LogP contribution in [0.2, 0.25) is 0 Å². The van der Waals surface area contributed by atoms with Crippen molar-refractivity contribution in [1.82, 2.24) is 0 Å². The van der Waals surface area contributed by atoms with Crippen molar-refractivity contribution >= 4 is 70.5 Å². The van der Waals surface area contributed by atoms with Crippen LogP contribution in [-0.2, 0) is 0 Å². The Labute approximate surface area is 129 Å². The number of carboxylic acid groups (broad SMARTS) is 2. The third-order valence-electron chi connectivity index (χ3n) is 1.80. The Hall–Kier alpha value is 0.264. The zero-order valence-electron chi connectivity index (χ0n) is 8.96. The summed E-state index contributed by atoms with van der Waals surface area (Å²) in [5, 5.41) is 20.2. The van der Waals surface area contributed by atoms with Crippen LogP contribution in [0, 0.1) is 0 Å². The molecule has 0 N–H and O–H groups in total. The number of carbonyl (C=O) groups is 2. The summed E-state index contributed by atoms with van der Waals surface area (Å²) in [5.74, 6) is 0. The molecule has 0 fully saturated rings. The van der Waals surface area contributed by atoms with E-state index in [2.05, 4.69) is 0 Å². The molecular formula is C10H8MgO4Sn2. The molecule has 0 aliphatic carbocycles. The van der Waals surface area contributed by atoms with Gasteiger partial charge in [0.15, 0.2) is 0 Å². The average molecular weight is 454 g/mol. The molecule has 0 saturated carbocycles. The Bertz CT molecular complexity index is 339. The fraction of sp³-hybridized carbons (Fsp3) is 0. The molecule has 0 spiro atoms. The van der Waals surface area contributed by atoms with Gasteiger partial charge in [0.2, 0.25) is 0 Å². The van der Waals surface area contributed by atoms with Crippen LogP contribution >= 0.6 is 0 Å². The van der Waals surface area contributed by atoms with Crippen molar-refractivity contribution in [3.05, 3.63) is 40.7 Å². The van der Waals surface area contributed by atoms with Crippen molar-refractivity contribution in [2.45, 2.75) is 0 Å². The van der Waals surface area contributed by atoms with Crippen LogP contribution in [0.3, 0.4) is 0 Å². The van der Waals surface area contributed by atoms with Gasteiger partial charge in [-0.3, -0.25) is 0 Å². The fourth-order valence-electron chi connectivity index (χ4n) is 1.02. The van der Waals surface area contributed by atoms with Crippen LogP contribution in [0.1, 0.15) is 0 Å². The topological polar surface area (TPSA) is 80.3 Å². The van der Waals surface area contributed by atoms with Crippen LogP contribution in [0.25, 0.3) is 0 Å². The zero-order valence-corrected chi connectivity index (χ0v) is 16.1. The molecule has 7 heteroatoms. The van der Waals surface area contributed by atoms with Gasteiger partial charge in [-0.25, -0.2) is 0 Å². The third kappa shape index (κ3) is 6.68. The molecular weight excluding hydrogens is 446 g/mol. The monoisotopic (exact) mass is 456 g/mol. The first-order chi connectivity index (χ1) is 7.61. The molecule has 17 heavy (non-hydrogen) atoms. The Morgan fingerprint density at radius 1 is 0.706 bits per heavy atom. The minimum atomic E-state index is -2.22. The molecule has 2 aliphatic rings. The van der Waals surface area contributed by atoms with E-state index in [1.807, 2.05) is 0 Å². The second-order valence-corrected chi connectivity index (χ2v) is 14.3. The van der Waals surface area contributed by atoms with E-state index in [-0.39, 0.29) is 23.1 Å². The molecule has 0 atom stereocenters. The van der Waals surface area contributed by atoms with Crippen LogP contribution in [0.4, 0.5) is 9.59 Å². The maximum atomic E-state index is 10.1. The second kappa shape index (κ2) is 9.23. The molecule has 2 aliphatic heterocycles. The smallest absolute Gasteiger partial charge is 2.00 e. The summed E-state index contributed by atoms with van der Waals surface area (Å²) in [5.41, 5.74) is 0.